The van der Waals surface area contributed by atoms with E-state index in [9.17, 15) is 4.79 Å². The molecule has 39 heavy (non-hydrogen) atoms. The number of hydrogen-bond acceptors (Lipinski definition) is 3. The van der Waals surface area contributed by atoms with Crippen LogP contribution in [0.2, 0.25) is 0 Å². The lowest BCUT2D eigenvalue weighted by Crippen LogP contribution is -2.01. The molecule has 3 nitrogen and oxygen atoms in total. The van der Waals surface area contributed by atoms with E-state index < -0.39 is 0 Å². The molecule has 0 aliphatic rings. The Morgan fingerprint density at radius 1 is 0.410 bits per heavy atom. The standard InChI is InChI=1S/C36H23NO2/c38-36-30-16-7-8-17-34(30)39-35-19-18-28(21-31(35)36)26-14-9-15-27(20-26)29-22-32(24-10-3-1-4-11-24)37-33(23-29)25-12-5-2-6-13-25/h1-23H. The number of aromatic nitrogens is 1. The Morgan fingerprint density at radius 2 is 0.949 bits per heavy atom. The Bertz CT molecular complexity index is 1970. The van der Waals surface area contributed by atoms with Crippen molar-refractivity contribution < 1.29 is 4.42 Å². The maximum absolute atomic E-state index is 13.2. The molecule has 0 bridgehead atoms. The first kappa shape index (κ1) is 22.9. The molecular weight excluding hydrogens is 478 g/mol. The van der Waals surface area contributed by atoms with Gasteiger partial charge in [0.25, 0.3) is 0 Å². The van der Waals surface area contributed by atoms with Crippen molar-refractivity contribution in [1.82, 2.24) is 4.98 Å². The Kier molecular flexibility index (Phi) is 5.60. The molecule has 184 valence electrons. The van der Waals surface area contributed by atoms with E-state index in [1.165, 1.54) is 0 Å². The summed E-state index contributed by atoms with van der Waals surface area (Å²) in [6.07, 6.45) is 0. The van der Waals surface area contributed by atoms with Crippen LogP contribution in [0.5, 0.6) is 0 Å². The van der Waals surface area contributed by atoms with Gasteiger partial charge in [0, 0.05) is 11.1 Å². The molecule has 0 aliphatic carbocycles. The molecule has 0 unspecified atom stereocenters. The maximum Gasteiger partial charge on any atom is 0.200 e. The number of para-hydroxylation sites is 1. The monoisotopic (exact) mass is 501 g/mol. The summed E-state index contributed by atoms with van der Waals surface area (Å²) < 4.78 is 6.01. The first-order chi connectivity index (χ1) is 19.2. The third-order valence-corrected chi connectivity index (χ3v) is 7.07. The number of pyridine rings is 1. The highest BCUT2D eigenvalue weighted by molar-refractivity contribution is 5.92. The molecule has 0 atom stereocenters. The summed E-state index contributed by atoms with van der Waals surface area (Å²) >= 11 is 0. The Balaban J connectivity index is 1.36. The second-order valence-corrected chi connectivity index (χ2v) is 9.58. The third kappa shape index (κ3) is 4.30. The van der Waals surface area contributed by atoms with Crippen LogP contribution in [-0.4, -0.2) is 4.98 Å². The van der Waals surface area contributed by atoms with Gasteiger partial charge in [0.2, 0.25) is 5.43 Å². The topological polar surface area (TPSA) is 43.1 Å². The summed E-state index contributed by atoms with van der Waals surface area (Å²) in [6, 6.07) is 46.4. The van der Waals surface area contributed by atoms with Crippen LogP contribution >= 0.6 is 0 Å². The van der Waals surface area contributed by atoms with Gasteiger partial charge < -0.3 is 4.42 Å². The third-order valence-electron chi connectivity index (χ3n) is 7.07. The second-order valence-electron chi connectivity index (χ2n) is 9.58. The molecule has 5 aromatic carbocycles. The fraction of sp³-hybridized carbons (Fsp3) is 0. The molecule has 0 spiro atoms. The number of nitrogens with zero attached hydrogens (tertiary/aromatic N) is 1. The van der Waals surface area contributed by atoms with Crippen molar-refractivity contribution in [2.24, 2.45) is 0 Å². The molecule has 3 heteroatoms. The average molecular weight is 502 g/mol. The number of fused-ring (bicyclic) bond motifs is 2. The van der Waals surface area contributed by atoms with Crippen LogP contribution < -0.4 is 5.43 Å². The zero-order valence-electron chi connectivity index (χ0n) is 21.0. The van der Waals surface area contributed by atoms with Crippen LogP contribution in [0.15, 0.2) is 149 Å². The minimum absolute atomic E-state index is 0.0148. The van der Waals surface area contributed by atoms with Crippen LogP contribution in [0.4, 0.5) is 0 Å². The van der Waals surface area contributed by atoms with Crippen molar-refractivity contribution in [3.05, 3.63) is 150 Å². The Morgan fingerprint density at radius 3 is 1.64 bits per heavy atom. The molecule has 0 amide bonds. The first-order valence-corrected chi connectivity index (χ1v) is 12.9. The molecule has 2 heterocycles. The van der Waals surface area contributed by atoms with E-state index in [0.29, 0.717) is 21.9 Å². The summed E-state index contributed by atoms with van der Waals surface area (Å²) in [5, 5.41) is 1.17. The predicted molar refractivity (Wildman–Crippen MR) is 160 cm³/mol. The van der Waals surface area contributed by atoms with E-state index in [1.54, 1.807) is 0 Å². The molecular formula is C36H23NO2. The molecule has 0 saturated heterocycles. The van der Waals surface area contributed by atoms with E-state index in [1.807, 2.05) is 78.9 Å². The molecule has 7 aromatic rings. The van der Waals surface area contributed by atoms with Gasteiger partial charge >= 0.3 is 0 Å². The first-order valence-electron chi connectivity index (χ1n) is 12.9. The van der Waals surface area contributed by atoms with E-state index in [2.05, 4.69) is 60.7 Å². The summed E-state index contributed by atoms with van der Waals surface area (Å²) in [5.74, 6) is 0. The quantitative estimate of drug-likeness (QED) is 0.226. The van der Waals surface area contributed by atoms with Crippen molar-refractivity contribution in [3.63, 3.8) is 0 Å². The van der Waals surface area contributed by atoms with Gasteiger partial charge in [0.05, 0.1) is 22.2 Å². The van der Waals surface area contributed by atoms with Gasteiger partial charge in [0.15, 0.2) is 0 Å². The summed E-state index contributed by atoms with van der Waals surface area (Å²) in [5.41, 5.74) is 9.32. The largest absolute Gasteiger partial charge is 0.456 e. The minimum Gasteiger partial charge on any atom is -0.456 e. The lowest BCUT2D eigenvalue weighted by atomic mass is 9.96. The van der Waals surface area contributed by atoms with Gasteiger partial charge in [-0.15, -0.1) is 0 Å². The molecule has 7 rings (SSSR count). The van der Waals surface area contributed by atoms with E-state index in [0.717, 1.165) is 44.8 Å². The number of hydrogen-bond donors (Lipinski definition) is 0. The van der Waals surface area contributed by atoms with E-state index in [4.69, 9.17) is 9.40 Å². The van der Waals surface area contributed by atoms with Crippen LogP contribution in [0.25, 0.3) is 66.7 Å². The Hall–Kier alpha value is -5.28. The smallest absolute Gasteiger partial charge is 0.200 e. The number of rotatable bonds is 4. The molecule has 0 N–H and O–H groups in total. The minimum atomic E-state index is -0.0148. The molecule has 0 saturated carbocycles. The van der Waals surface area contributed by atoms with Crippen LogP contribution in [0, 0.1) is 0 Å². The normalized spacial score (nSPS) is 11.2. The van der Waals surface area contributed by atoms with Gasteiger partial charge in [-0.3, -0.25) is 4.79 Å². The van der Waals surface area contributed by atoms with Gasteiger partial charge in [-0.25, -0.2) is 4.98 Å². The average Bonchev–Trinajstić information content (AvgIpc) is 3.02. The molecule has 2 aromatic heterocycles. The molecule has 0 aliphatic heterocycles. The summed E-state index contributed by atoms with van der Waals surface area (Å²) in [7, 11) is 0. The highest BCUT2D eigenvalue weighted by atomic mass is 16.3. The van der Waals surface area contributed by atoms with E-state index in [-0.39, 0.29) is 5.43 Å². The van der Waals surface area contributed by atoms with Crippen LogP contribution in [-0.2, 0) is 0 Å². The fourth-order valence-electron chi connectivity index (χ4n) is 5.07. The maximum atomic E-state index is 13.2. The zero-order valence-corrected chi connectivity index (χ0v) is 21.0. The van der Waals surface area contributed by atoms with Crippen molar-refractivity contribution >= 4 is 21.9 Å². The summed E-state index contributed by atoms with van der Waals surface area (Å²) in [6.45, 7) is 0. The second kappa shape index (κ2) is 9.55. The lowest BCUT2D eigenvalue weighted by molar-refractivity contribution is 0.660. The van der Waals surface area contributed by atoms with Gasteiger partial charge in [0.1, 0.15) is 11.2 Å². The predicted octanol–water partition coefficient (Wildman–Crippen LogP) is 9.01. The van der Waals surface area contributed by atoms with Gasteiger partial charge in [-0.05, 0) is 64.7 Å². The van der Waals surface area contributed by atoms with Crippen LogP contribution in [0.3, 0.4) is 0 Å². The van der Waals surface area contributed by atoms with E-state index >= 15 is 0 Å². The van der Waals surface area contributed by atoms with Gasteiger partial charge in [-0.2, -0.15) is 0 Å². The summed E-state index contributed by atoms with van der Waals surface area (Å²) in [4.78, 5) is 18.2. The number of benzene rings is 5. The highest BCUT2D eigenvalue weighted by Crippen LogP contribution is 2.33. The molecule has 0 fully saturated rings. The fourth-order valence-corrected chi connectivity index (χ4v) is 5.07. The van der Waals surface area contributed by atoms with Crippen molar-refractivity contribution in [1.29, 1.82) is 0 Å². The Labute approximate surface area is 225 Å². The lowest BCUT2D eigenvalue weighted by Gasteiger charge is -2.12. The van der Waals surface area contributed by atoms with Crippen molar-refractivity contribution in [2.75, 3.05) is 0 Å². The van der Waals surface area contributed by atoms with Crippen LogP contribution in [0.1, 0.15) is 0 Å². The SMILES string of the molecule is O=c1c2ccccc2oc2ccc(-c3cccc(-c4cc(-c5ccccc5)nc(-c5ccccc5)c4)c3)cc12. The van der Waals surface area contributed by atoms with Crippen molar-refractivity contribution in [3.8, 4) is 44.8 Å². The molecule has 0 radical (unpaired) electrons. The van der Waals surface area contributed by atoms with Gasteiger partial charge in [-0.1, -0.05) is 97.1 Å². The van der Waals surface area contributed by atoms with Crippen molar-refractivity contribution in [2.45, 2.75) is 0 Å². The highest BCUT2D eigenvalue weighted by Gasteiger charge is 2.12. The zero-order chi connectivity index (χ0) is 26.2.